The van der Waals surface area contributed by atoms with Crippen molar-refractivity contribution in [3.8, 4) is 11.5 Å². The molecule has 0 aliphatic carbocycles. The number of carbonyl (C=O) groups is 1. The fraction of sp³-hybridized carbons (Fsp3) is 0.375. The molecule has 0 fully saturated rings. The summed E-state index contributed by atoms with van der Waals surface area (Å²) in [6.07, 6.45) is 2.55. The molecule has 0 aliphatic rings. The fourth-order valence-corrected chi connectivity index (χ4v) is 3.31. The van der Waals surface area contributed by atoms with Crippen LogP contribution in [-0.4, -0.2) is 35.4 Å². The summed E-state index contributed by atoms with van der Waals surface area (Å²) in [6.45, 7) is 9.82. The Kier molecular flexibility index (Phi) is 7.28. The molecule has 7 heteroatoms. The van der Waals surface area contributed by atoms with Gasteiger partial charge in [0, 0.05) is 12.1 Å². The van der Waals surface area contributed by atoms with E-state index in [2.05, 4.69) is 40.8 Å². The number of carbonyl (C=O) groups excluding carboxylic acids is 1. The molecule has 2 aromatic carbocycles. The summed E-state index contributed by atoms with van der Waals surface area (Å²) in [5.74, 6) is 2.54. The zero-order valence-electron chi connectivity index (χ0n) is 18.8. The lowest BCUT2D eigenvalue weighted by molar-refractivity contribution is 0.0955. The van der Waals surface area contributed by atoms with Crippen molar-refractivity contribution < 1.29 is 14.3 Å². The molecule has 1 aromatic heterocycles. The topological polar surface area (TPSA) is 77.7 Å². The third-order valence-corrected chi connectivity index (χ3v) is 5.04. The molecule has 0 atom stereocenters. The molecule has 164 valence electrons. The fourth-order valence-electron chi connectivity index (χ4n) is 3.31. The molecule has 1 heterocycles. The predicted molar refractivity (Wildman–Crippen MR) is 123 cm³/mol. The van der Waals surface area contributed by atoms with Crippen molar-refractivity contribution in [1.29, 1.82) is 0 Å². The lowest BCUT2D eigenvalue weighted by atomic mass is 10.1. The van der Waals surface area contributed by atoms with Gasteiger partial charge in [-0.25, -0.2) is 10.4 Å². The second-order valence-electron chi connectivity index (χ2n) is 7.75. The minimum atomic E-state index is -0.289. The van der Waals surface area contributed by atoms with Crippen LogP contribution in [0.1, 0.15) is 48.9 Å². The van der Waals surface area contributed by atoms with Crippen molar-refractivity contribution >= 4 is 23.2 Å². The Morgan fingerprint density at radius 2 is 2.03 bits per heavy atom. The van der Waals surface area contributed by atoms with Crippen molar-refractivity contribution in [2.24, 2.45) is 11.0 Å². The number of methoxy groups -OCH3 is 1. The summed E-state index contributed by atoms with van der Waals surface area (Å²) < 4.78 is 13.3. The number of nitrogens with zero attached hydrogens (tertiary/aromatic N) is 3. The molecule has 1 N–H and O–H groups in total. The van der Waals surface area contributed by atoms with Gasteiger partial charge in [0.25, 0.3) is 5.91 Å². The van der Waals surface area contributed by atoms with Crippen LogP contribution in [0.25, 0.3) is 11.0 Å². The van der Waals surface area contributed by atoms with E-state index >= 15 is 0 Å². The van der Waals surface area contributed by atoms with Crippen molar-refractivity contribution in [1.82, 2.24) is 15.0 Å². The monoisotopic (exact) mass is 422 g/mol. The molecular weight excluding hydrogens is 392 g/mol. The van der Waals surface area contributed by atoms with E-state index in [-0.39, 0.29) is 5.91 Å². The number of fused-ring (bicyclic) bond motifs is 1. The van der Waals surface area contributed by atoms with Gasteiger partial charge in [-0.1, -0.05) is 13.8 Å². The van der Waals surface area contributed by atoms with Gasteiger partial charge >= 0.3 is 0 Å². The van der Waals surface area contributed by atoms with Crippen LogP contribution in [0.2, 0.25) is 0 Å². The lowest BCUT2D eigenvalue weighted by Gasteiger charge is -2.12. The highest BCUT2D eigenvalue weighted by atomic mass is 16.5. The largest absolute Gasteiger partial charge is 0.493 e. The van der Waals surface area contributed by atoms with Crippen LogP contribution in [0, 0.1) is 12.8 Å². The van der Waals surface area contributed by atoms with E-state index in [0.717, 1.165) is 35.4 Å². The molecular formula is C24H30N4O3. The summed E-state index contributed by atoms with van der Waals surface area (Å²) in [5, 5.41) is 4.08. The molecule has 0 bridgehead atoms. The van der Waals surface area contributed by atoms with E-state index in [1.54, 1.807) is 25.5 Å². The second-order valence-corrected chi connectivity index (χ2v) is 7.75. The molecule has 3 rings (SSSR count). The van der Waals surface area contributed by atoms with Gasteiger partial charge < -0.3 is 14.0 Å². The van der Waals surface area contributed by atoms with Crippen molar-refractivity contribution in [3.63, 3.8) is 0 Å². The zero-order valence-corrected chi connectivity index (χ0v) is 18.8. The Hall–Kier alpha value is -3.35. The van der Waals surface area contributed by atoms with E-state index in [4.69, 9.17) is 9.47 Å². The Labute approximate surface area is 183 Å². The number of hydrogen-bond acceptors (Lipinski definition) is 5. The predicted octanol–water partition coefficient (Wildman–Crippen LogP) is 4.56. The third-order valence-electron chi connectivity index (χ3n) is 5.04. The highest BCUT2D eigenvalue weighted by Crippen LogP contribution is 2.28. The first-order valence-electron chi connectivity index (χ1n) is 10.5. The average molecular weight is 423 g/mol. The normalized spacial score (nSPS) is 11.4. The number of aromatic nitrogens is 2. The maximum Gasteiger partial charge on any atom is 0.271 e. The van der Waals surface area contributed by atoms with Crippen molar-refractivity contribution in [3.05, 3.63) is 53.3 Å². The molecule has 31 heavy (non-hydrogen) atoms. The van der Waals surface area contributed by atoms with Crippen LogP contribution in [0.4, 0.5) is 0 Å². The van der Waals surface area contributed by atoms with Gasteiger partial charge in [-0.05, 0) is 68.1 Å². The summed E-state index contributed by atoms with van der Waals surface area (Å²) >= 11 is 0. The summed E-state index contributed by atoms with van der Waals surface area (Å²) in [6, 6.07) is 11.0. The number of aryl methyl sites for hydroxylation is 2. The number of amides is 1. The van der Waals surface area contributed by atoms with Crippen LogP contribution < -0.4 is 14.9 Å². The van der Waals surface area contributed by atoms with Gasteiger partial charge in [0.1, 0.15) is 5.82 Å². The molecule has 0 spiro atoms. The molecule has 0 saturated heterocycles. The van der Waals surface area contributed by atoms with Crippen molar-refractivity contribution in [2.75, 3.05) is 13.7 Å². The van der Waals surface area contributed by atoms with Gasteiger partial charge in [0.2, 0.25) is 0 Å². The van der Waals surface area contributed by atoms with Crippen LogP contribution in [0.15, 0.2) is 41.5 Å². The summed E-state index contributed by atoms with van der Waals surface area (Å²) in [7, 11) is 1.60. The molecule has 0 saturated carbocycles. The number of hydrogen-bond donors (Lipinski definition) is 1. The maximum atomic E-state index is 12.5. The van der Waals surface area contributed by atoms with E-state index in [0.29, 0.717) is 29.6 Å². The minimum Gasteiger partial charge on any atom is -0.493 e. The number of rotatable bonds is 9. The Morgan fingerprint density at radius 3 is 2.74 bits per heavy atom. The molecule has 3 aromatic rings. The second kappa shape index (κ2) is 10.1. The van der Waals surface area contributed by atoms with Gasteiger partial charge in [-0.2, -0.15) is 5.10 Å². The Morgan fingerprint density at radius 1 is 1.23 bits per heavy atom. The van der Waals surface area contributed by atoms with E-state index in [9.17, 15) is 4.79 Å². The average Bonchev–Trinajstić information content (AvgIpc) is 3.08. The lowest BCUT2D eigenvalue weighted by Crippen LogP contribution is -2.17. The molecule has 0 radical (unpaired) electrons. The van der Waals surface area contributed by atoms with Crippen LogP contribution in [-0.2, 0) is 6.54 Å². The van der Waals surface area contributed by atoms with E-state index in [1.807, 2.05) is 31.2 Å². The zero-order chi connectivity index (χ0) is 22.4. The smallest absolute Gasteiger partial charge is 0.271 e. The van der Waals surface area contributed by atoms with Gasteiger partial charge in [-0.3, -0.25) is 4.79 Å². The van der Waals surface area contributed by atoms with E-state index in [1.165, 1.54) is 0 Å². The highest BCUT2D eigenvalue weighted by molar-refractivity contribution is 5.98. The maximum absolute atomic E-state index is 12.5. The molecule has 0 unspecified atom stereocenters. The van der Waals surface area contributed by atoms with Crippen LogP contribution in [0.5, 0.6) is 11.5 Å². The number of ether oxygens (including phenoxy) is 2. The quantitative estimate of drug-likeness (QED) is 0.405. The van der Waals surface area contributed by atoms with Gasteiger partial charge in [0.15, 0.2) is 11.5 Å². The highest BCUT2D eigenvalue weighted by Gasteiger charge is 2.11. The van der Waals surface area contributed by atoms with Gasteiger partial charge in [-0.15, -0.1) is 0 Å². The molecule has 0 aliphatic heterocycles. The Bertz CT molecular complexity index is 1090. The minimum absolute atomic E-state index is 0.289. The first-order valence-corrected chi connectivity index (χ1v) is 10.5. The third kappa shape index (κ3) is 5.42. The number of nitrogens with one attached hydrogen (secondary N) is 1. The van der Waals surface area contributed by atoms with Crippen molar-refractivity contribution in [2.45, 2.75) is 40.7 Å². The van der Waals surface area contributed by atoms with Gasteiger partial charge in [0.05, 0.1) is 31.0 Å². The van der Waals surface area contributed by atoms with E-state index < -0.39 is 0 Å². The number of imidazole rings is 1. The number of benzene rings is 2. The molecule has 7 nitrogen and oxygen atoms in total. The van der Waals surface area contributed by atoms with Crippen LogP contribution in [0.3, 0.4) is 0 Å². The van der Waals surface area contributed by atoms with Crippen LogP contribution >= 0.6 is 0 Å². The summed E-state index contributed by atoms with van der Waals surface area (Å²) in [4.78, 5) is 17.0. The first kappa shape index (κ1) is 22.3. The Balaban J connectivity index is 1.65. The standard InChI is InChI=1S/C24H30N4O3/c1-6-28-17(4)26-20-14-19(8-9-21(20)28)24(29)27-25-15-18-7-10-22(23(13-18)30-5)31-12-11-16(2)3/h7-10,13-16H,6,11-12H2,1-5H3,(H,27,29)/b25-15+. The first-order chi connectivity index (χ1) is 14.9. The molecule has 1 amide bonds. The summed E-state index contributed by atoms with van der Waals surface area (Å²) in [5.41, 5.74) is 5.69. The number of hydrazone groups is 1. The SMILES string of the molecule is CCn1c(C)nc2cc(C(=O)N/N=C/c3ccc(OCCC(C)C)c(OC)c3)ccc21.